The van der Waals surface area contributed by atoms with Crippen molar-refractivity contribution in [1.82, 2.24) is 4.90 Å². The third-order valence-electron chi connectivity index (χ3n) is 2.78. The maximum atomic E-state index is 11.8. The van der Waals surface area contributed by atoms with Crippen molar-refractivity contribution in [3.63, 3.8) is 0 Å². The molecule has 0 spiro atoms. The monoisotopic (exact) mass is 229 g/mol. The second kappa shape index (κ2) is 9.64. The Bertz CT molecular complexity index is 181. The minimum Gasteiger partial charge on any atom is -0.395 e. The highest BCUT2D eigenvalue weighted by molar-refractivity contribution is 5.76. The van der Waals surface area contributed by atoms with Crippen LogP contribution >= 0.6 is 0 Å². The van der Waals surface area contributed by atoms with Crippen LogP contribution < -0.4 is 0 Å². The van der Waals surface area contributed by atoms with E-state index in [0.717, 1.165) is 12.8 Å². The standard InChI is InChI=1S/C13H27NO2/c1-4-5-6-7-8-9-13(16)14(10-11-15)12(2)3/h12,15H,4-11H2,1-3H3. The summed E-state index contributed by atoms with van der Waals surface area (Å²) in [6.07, 6.45) is 6.47. The Morgan fingerprint density at radius 1 is 1.19 bits per heavy atom. The van der Waals surface area contributed by atoms with Crippen LogP contribution in [0.4, 0.5) is 0 Å². The number of aliphatic hydroxyl groups excluding tert-OH is 1. The second-order valence-corrected chi connectivity index (χ2v) is 4.57. The first-order valence-corrected chi connectivity index (χ1v) is 6.53. The minimum absolute atomic E-state index is 0.0553. The number of nitrogens with zero attached hydrogens (tertiary/aromatic N) is 1. The van der Waals surface area contributed by atoms with E-state index >= 15 is 0 Å². The number of unbranched alkanes of at least 4 members (excludes halogenated alkanes) is 4. The Hall–Kier alpha value is -0.570. The van der Waals surface area contributed by atoms with Crippen LogP contribution in [0.15, 0.2) is 0 Å². The molecule has 1 amide bonds. The molecule has 0 radical (unpaired) electrons. The SMILES string of the molecule is CCCCCCCC(=O)N(CCO)C(C)C. The van der Waals surface area contributed by atoms with E-state index in [2.05, 4.69) is 6.92 Å². The molecule has 0 aromatic carbocycles. The van der Waals surface area contributed by atoms with Gasteiger partial charge in [-0.1, -0.05) is 32.6 Å². The lowest BCUT2D eigenvalue weighted by atomic mass is 10.1. The lowest BCUT2D eigenvalue weighted by molar-refractivity contribution is -0.133. The van der Waals surface area contributed by atoms with Crippen molar-refractivity contribution in [2.45, 2.75) is 65.3 Å². The molecule has 0 saturated carbocycles. The Balaban J connectivity index is 3.74. The molecule has 0 aliphatic heterocycles. The Morgan fingerprint density at radius 3 is 2.31 bits per heavy atom. The van der Waals surface area contributed by atoms with E-state index in [1.54, 1.807) is 4.90 Å². The highest BCUT2D eigenvalue weighted by atomic mass is 16.3. The molecule has 0 saturated heterocycles. The van der Waals surface area contributed by atoms with E-state index in [1.807, 2.05) is 13.8 Å². The van der Waals surface area contributed by atoms with Crippen molar-refractivity contribution in [2.24, 2.45) is 0 Å². The number of aliphatic hydroxyl groups is 1. The van der Waals surface area contributed by atoms with E-state index in [4.69, 9.17) is 5.11 Å². The van der Waals surface area contributed by atoms with Gasteiger partial charge in [-0.3, -0.25) is 4.79 Å². The van der Waals surface area contributed by atoms with Crippen LogP contribution in [-0.2, 0) is 4.79 Å². The average molecular weight is 229 g/mol. The Kier molecular flexibility index (Phi) is 9.30. The van der Waals surface area contributed by atoms with Gasteiger partial charge in [-0.05, 0) is 20.3 Å². The van der Waals surface area contributed by atoms with Gasteiger partial charge in [0.25, 0.3) is 0 Å². The lowest BCUT2D eigenvalue weighted by Crippen LogP contribution is -2.38. The fraction of sp³-hybridized carbons (Fsp3) is 0.923. The summed E-state index contributed by atoms with van der Waals surface area (Å²) in [7, 11) is 0. The first-order chi connectivity index (χ1) is 7.63. The van der Waals surface area contributed by atoms with Crippen LogP contribution in [0.25, 0.3) is 0 Å². The van der Waals surface area contributed by atoms with Gasteiger partial charge in [0, 0.05) is 19.0 Å². The van der Waals surface area contributed by atoms with Crippen molar-refractivity contribution in [2.75, 3.05) is 13.2 Å². The zero-order chi connectivity index (χ0) is 12.4. The topological polar surface area (TPSA) is 40.5 Å². The number of carbonyl (C=O) groups is 1. The number of hydrogen-bond acceptors (Lipinski definition) is 2. The van der Waals surface area contributed by atoms with Crippen LogP contribution in [0.5, 0.6) is 0 Å². The first kappa shape index (κ1) is 15.4. The number of hydrogen-bond donors (Lipinski definition) is 1. The smallest absolute Gasteiger partial charge is 0.222 e. The molecule has 3 nitrogen and oxygen atoms in total. The molecule has 0 aromatic heterocycles. The highest BCUT2D eigenvalue weighted by Gasteiger charge is 2.15. The van der Waals surface area contributed by atoms with Gasteiger partial charge >= 0.3 is 0 Å². The summed E-state index contributed by atoms with van der Waals surface area (Å²) in [6.45, 7) is 6.69. The van der Waals surface area contributed by atoms with Crippen LogP contribution in [0.1, 0.15) is 59.3 Å². The van der Waals surface area contributed by atoms with Crippen LogP contribution in [0.2, 0.25) is 0 Å². The summed E-state index contributed by atoms with van der Waals surface area (Å²) in [5.41, 5.74) is 0. The van der Waals surface area contributed by atoms with Crippen LogP contribution in [-0.4, -0.2) is 35.1 Å². The first-order valence-electron chi connectivity index (χ1n) is 6.53. The van der Waals surface area contributed by atoms with E-state index in [9.17, 15) is 4.79 Å². The van der Waals surface area contributed by atoms with Crippen molar-refractivity contribution >= 4 is 5.91 Å². The highest BCUT2D eigenvalue weighted by Crippen LogP contribution is 2.08. The molecular weight excluding hydrogens is 202 g/mol. The predicted octanol–water partition coefficient (Wildman–Crippen LogP) is 2.58. The molecule has 0 heterocycles. The van der Waals surface area contributed by atoms with Crippen LogP contribution in [0.3, 0.4) is 0 Å². The molecule has 0 aliphatic rings. The van der Waals surface area contributed by atoms with Gasteiger partial charge in [-0.25, -0.2) is 0 Å². The predicted molar refractivity (Wildman–Crippen MR) is 67.3 cm³/mol. The van der Waals surface area contributed by atoms with Crippen LogP contribution in [0, 0.1) is 0 Å². The van der Waals surface area contributed by atoms with Gasteiger partial charge in [0.1, 0.15) is 0 Å². The molecule has 0 bridgehead atoms. The Morgan fingerprint density at radius 2 is 1.81 bits per heavy atom. The van der Waals surface area contributed by atoms with Crippen molar-refractivity contribution in [3.05, 3.63) is 0 Å². The largest absolute Gasteiger partial charge is 0.395 e. The fourth-order valence-corrected chi connectivity index (χ4v) is 1.80. The molecule has 3 heteroatoms. The quantitative estimate of drug-likeness (QED) is 0.617. The van der Waals surface area contributed by atoms with E-state index in [0.29, 0.717) is 13.0 Å². The summed E-state index contributed by atoms with van der Waals surface area (Å²) in [5.74, 6) is 0.181. The molecule has 0 unspecified atom stereocenters. The molecule has 0 atom stereocenters. The molecule has 0 fully saturated rings. The maximum Gasteiger partial charge on any atom is 0.222 e. The summed E-state index contributed by atoms with van der Waals surface area (Å²) < 4.78 is 0. The van der Waals surface area contributed by atoms with Crippen molar-refractivity contribution < 1.29 is 9.90 Å². The maximum absolute atomic E-state index is 11.8. The second-order valence-electron chi connectivity index (χ2n) is 4.57. The lowest BCUT2D eigenvalue weighted by Gasteiger charge is -2.26. The molecular formula is C13H27NO2. The normalized spacial score (nSPS) is 10.8. The van der Waals surface area contributed by atoms with Crippen molar-refractivity contribution in [1.29, 1.82) is 0 Å². The van der Waals surface area contributed by atoms with Gasteiger partial charge in [0.15, 0.2) is 0 Å². The molecule has 16 heavy (non-hydrogen) atoms. The zero-order valence-electron chi connectivity index (χ0n) is 11.0. The molecule has 1 N–H and O–H groups in total. The van der Waals surface area contributed by atoms with Gasteiger partial charge in [0.2, 0.25) is 5.91 Å². The average Bonchev–Trinajstić information content (AvgIpc) is 2.24. The van der Waals surface area contributed by atoms with E-state index in [-0.39, 0.29) is 18.6 Å². The number of carbonyl (C=O) groups excluding carboxylic acids is 1. The van der Waals surface area contributed by atoms with E-state index < -0.39 is 0 Å². The summed E-state index contributed by atoms with van der Waals surface area (Å²) >= 11 is 0. The third kappa shape index (κ3) is 6.83. The number of amides is 1. The fourth-order valence-electron chi connectivity index (χ4n) is 1.80. The van der Waals surface area contributed by atoms with E-state index in [1.165, 1.54) is 19.3 Å². The van der Waals surface area contributed by atoms with Gasteiger partial charge in [0.05, 0.1) is 6.61 Å². The summed E-state index contributed by atoms with van der Waals surface area (Å²) in [4.78, 5) is 13.6. The molecule has 0 aliphatic carbocycles. The third-order valence-corrected chi connectivity index (χ3v) is 2.78. The number of rotatable bonds is 9. The van der Waals surface area contributed by atoms with Crippen molar-refractivity contribution in [3.8, 4) is 0 Å². The van der Waals surface area contributed by atoms with Gasteiger partial charge < -0.3 is 10.0 Å². The summed E-state index contributed by atoms with van der Waals surface area (Å²) in [6, 6.07) is 0.190. The Labute approximate surface area is 99.8 Å². The van der Waals surface area contributed by atoms with Gasteiger partial charge in [-0.15, -0.1) is 0 Å². The zero-order valence-corrected chi connectivity index (χ0v) is 11.0. The molecule has 0 aromatic rings. The molecule has 0 rings (SSSR count). The van der Waals surface area contributed by atoms with Gasteiger partial charge in [-0.2, -0.15) is 0 Å². The molecule has 96 valence electrons. The minimum atomic E-state index is 0.0553. The summed E-state index contributed by atoms with van der Waals surface area (Å²) in [5, 5.41) is 8.88.